The molecule has 0 spiro atoms. The second-order valence-electron chi connectivity index (χ2n) is 3.98. The van der Waals surface area contributed by atoms with Crippen molar-refractivity contribution in [2.75, 3.05) is 13.2 Å². The van der Waals surface area contributed by atoms with Crippen LogP contribution in [-0.4, -0.2) is 30.9 Å². The highest BCUT2D eigenvalue weighted by molar-refractivity contribution is 7.09. The van der Waals surface area contributed by atoms with E-state index in [1.54, 1.807) is 20.8 Å². The van der Waals surface area contributed by atoms with Crippen molar-refractivity contribution >= 4 is 15.6 Å². The minimum Gasteiger partial charge on any atom is -0.444 e. The number of amides is 1. The zero-order valence-corrected chi connectivity index (χ0v) is 10.0. The summed E-state index contributed by atoms with van der Waals surface area (Å²) < 4.78 is 9.75. The van der Waals surface area contributed by atoms with Crippen LogP contribution in [0.15, 0.2) is 0 Å². The minimum absolute atomic E-state index is 0.222. The van der Waals surface area contributed by atoms with E-state index in [0.717, 1.165) is 0 Å². The Morgan fingerprint density at radius 1 is 1.57 bits per heavy atom. The fourth-order valence-electron chi connectivity index (χ4n) is 0.711. The molecule has 0 rings (SSSR count). The first kappa shape index (κ1) is 13.6. The number of alkyl carbamates (subject to hydrolysis) is 1. The zero-order valence-electron chi connectivity index (χ0n) is 8.87. The lowest BCUT2D eigenvalue weighted by Gasteiger charge is -2.20. The molecule has 0 fully saturated rings. The van der Waals surface area contributed by atoms with Crippen molar-refractivity contribution in [2.24, 2.45) is 5.73 Å². The standard InChI is InChI=1S/C8H19N2O3P/c1-8(2,3)13-7(11)10-4-6(9)5-12-14/h6H,4-5,9,14H2,1-3H3,(H,10,11). The molecule has 14 heavy (non-hydrogen) atoms. The Labute approximate surface area is 87.0 Å². The number of carbonyl (C=O) groups excluding carboxylic acids is 1. The summed E-state index contributed by atoms with van der Waals surface area (Å²) in [5, 5.41) is 2.55. The largest absolute Gasteiger partial charge is 0.444 e. The van der Waals surface area contributed by atoms with E-state index >= 15 is 0 Å². The Morgan fingerprint density at radius 2 is 2.14 bits per heavy atom. The minimum atomic E-state index is -0.481. The number of nitrogens with one attached hydrogen (secondary N) is 1. The zero-order chi connectivity index (χ0) is 11.2. The van der Waals surface area contributed by atoms with E-state index in [2.05, 4.69) is 14.8 Å². The van der Waals surface area contributed by atoms with Gasteiger partial charge in [0.1, 0.15) is 5.60 Å². The first-order valence-electron chi connectivity index (χ1n) is 4.39. The molecule has 0 aliphatic rings. The Kier molecular flexibility index (Phi) is 6.00. The van der Waals surface area contributed by atoms with Gasteiger partial charge in [0.25, 0.3) is 0 Å². The summed E-state index contributed by atoms with van der Waals surface area (Å²) >= 11 is 0. The van der Waals surface area contributed by atoms with Gasteiger partial charge in [0.05, 0.1) is 6.61 Å². The predicted molar refractivity (Wildman–Crippen MR) is 57.9 cm³/mol. The maximum absolute atomic E-state index is 11.1. The Balaban J connectivity index is 3.64. The van der Waals surface area contributed by atoms with Crippen LogP contribution in [0.5, 0.6) is 0 Å². The maximum Gasteiger partial charge on any atom is 0.407 e. The van der Waals surface area contributed by atoms with Gasteiger partial charge >= 0.3 is 6.09 Å². The van der Waals surface area contributed by atoms with E-state index in [-0.39, 0.29) is 6.04 Å². The topological polar surface area (TPSA) is 73.6 Å². The Hall–Kier alpha value is -0.380. The summed E-state index contributed by atoms with van der Waals surface area (Å²) in [5.41, 5.74) is 5.11. The van der Waals surface area contributed by atoms with Crippen LogP contribution in [0.1, 0.15) is 20.8 Å². The van der Waals surface area contributed by atoms with Gasteiger partial charge in [-0.05, 0) is 20.8 Å². The average Bonchev–Trinajstić information content (AvgIpc) is 1.98. The van der Waals surface area contributed by atoms with Crippen LogP contribution in [0.25, 0.3) is 0 Å². The highest BCUT2D eigenvalue weighted by atomic mass is 31.0. The van der Waals surface area contributed by atoms with Crippen molar-refractivity contribution in [3.05, 3.63) is 0 Å². The summed E-state index contributed by atoms with van der Waals surface area (Å²) in [4.78, 5) is 11.1. The highest BCUT2D eigenvalue weighted by Gasteiger charge is 2.16. The van der Waals surface area contributed by atoms with Gasteiger partial charge in [0.15, 0.2) is 0 Å². The SMILES string of the molecule is CC(C)(C)OC(=O)NCC(N)COP. The molecule has 0 aliphatic carbocycles. The molecule has 0 aromatic carbocycles. The summed E-state index contributed by atoms with van der Waals surface area (Å²) in [6.45, 7) is 6.12. The molecule has 5 nitrogen and oxygen atoms in total. The number of ether oxygens (including phenoxy) is 1. The predicted octanol–water partition coefficient (Wildman–Crippen LogP) is 0.645. The summed E-state index contributed by atoms with van der Waals surface area (Å²) in [5.74, 6) is 0. The molecule has 0 saturated carbocycles. The van der Waals surface area contributed by atoms with E-state index < -0.39 is 11.7 Å². The summed E-state index contributed by atoms with van der Waals surface area (Å²) in [6, 6.07) is -0.222. The molecule has 0 aliphatic heterocycles. The van der Waals surface area contributed by atoms with Gasteiger partial charge < -0.3 is 20.3 Å². The number of hydrogen-bond acceptors (Lipinski definition) is 4. The van der Waals surface area contributed by atoms with Gasteiger partial charge in [-0.1, -0.05) is 0 Å². The number of carbonyl (C=O) groups is 1. The lowest BCUT2D eigenvalue weighted by molar-refractivity contribution is 0.0522. The molecule has 0 saturated heterocycles. The van der Waals surface area contributed by atoms with Crippen LogP contribution in [0.4, 0.5) is 4.79 Å². The summed E-state index contributed by atoms with van der Waals surface area (Å²) in [7, 11) is 2.10. The van der Waals surface area contributed by atoms with Gasteiger partial charge in [0, 0.05) is 22.1 Å². The van der Waals surface area contributed by atoms with E-state index in [4.69, 9.17) is 15.0 Å². The van der Waals surface area contributed by atoms with Gasteiger partial charge in [-0.3, -0.25) is 0 Å². The van der Waals surface area contributed by atoms with Gasteiger partial charge in [-0.15, -0.1) is 0 Å². The first-order chi connectivity index (χ1) is 6.35. The molecule has 2 atom stereocenters. The van der Waals surface area contributed by atoms with E-state index in [1.807, 2.05) is 0 Å². The number of hydrogen-bond donors (Lipinski definition) is 2. The molecule has 6 heteroatoms. The van der Waals surface area contributed by atoms with Crippen LogP contribution in [0.3, 0.4) is 0 Å². The lowest BCUT2D eigenvalue weighted by Crippen LogP contribution is -2.41. The molecule has 0 heterocycles. The van der Waals surface area contributed by atoms with Crippen molar-refractivity contribution in [3.8, 4) is 0 Å². The lowest BCUT2D eigenvalue weighted by atomic mass is 10.2. The van der Waals surface area contributed by atoms with E-state index in [9.17, 15) is 4.79 Å². The van der Waals surface area contributed by atoms with Crippen molar-refractivity contribution in [1.82, 2.24) is 5.32 Å². The number of rotatable bonds is 4. The van der Waals surface area contributed by atoms with Gasteiger partial charge in [-0.25, -0.2) is 4.79 Å². The molecule has 2 unspecified atom stereocenters. The van der Waals surface area contributed by atoms with Crippen LogP contribution >= 0.6 is 9.47 Å². The fourth-order valence-corrected chi connectivity index (χ4v) is 0.958. The van der Waals surface area contributed by atoms with Crippen molar-refractivity contribution < 1.29 is 14.1 Å². The smallest absolute Gasteiger partial charge is 0.407 e. The van der Waals surface area contributed by atoms with Crippen molar-refractivity contribution in [1.29, 1.82) is 0 Å². The maximum atomic E-state index is 11.1. The van der Waals surface area contributed by atoms with Crippen LogP contribution in [0, 0.1) is 0 Å². The molecule has 0 aromatic heterocycles. The Morgan fingerprint density at radius 3 is 2.57 bits per heavy atom. The molecule has 3 N–H and O–H groups in total. The molecule has 1 amide bonds. The van der Waals surface area contributed by atoms with Crippen LogP contribution in [0.2, 0.25) is 0 Å². The molecule has 84 valence electrons. The second kappa shape index (κ2) is 6.17. The third-order valence-corrected chi connectivity index (χ3v) is 1.41. The van der Waals surface area contributed by atoms with E-state index in [1.165, 1.54) is 0 Å². The third-order valence-electron chi connectivity index (χ3n) is 1.22. The summed E-state index contributed by atoms with van der Waals surface area (Å²) in [6.07, 6.45) is -0.461. The van der Waals surface area contributed by atoms with Crippen molar-refractivity contribution in [2.45, 2.75) is 32.4 Å². The third kappa shape index (κ3) is 8.23. The number of nitrogens with two attached hydrogens (primary N) is 1. The van der Waals surface area contributed by atoms with Crippen molar-refractivity contribution in [3.63, 3.8) is 0 Å². The quantitative estimate of drug-likeness (QED) is 0.685. The Bertz CT molecular complexity index is 182. The average molecular weight is 222 g/mol. The van der Waals surface area contributed by atoms with Crippen LogP contribution < -0.4 is 11.1 Å². The first-order valence-corrected chi connectivity index (χ1v) is 4.86. The van der Waals surface area contributed by atoms with Gasteiger partial charge in [0.2, 0.25) is 0 Å². The monoisotopic (exact) mass is 222 g/mol. The highest BCUT2D eigenvalue weighted by Crippen LogP contribution is 2.06. The van der Waals surface area contributed by atoms with Gasteiger partial charge in [-0.2, -0.15) is 0 Å². The molecular formula is C8H19N2O3P. The fraction of sp³-hybridized carbons (Fsp3) is 0.875. The molecular weight excluding hydrogens is 203 g/mol. The second-order valence-corrected chi connectivity index (χ2v) is 4.31. The van der Waals surface area contributed by atoms with E-state index in [0.29, 0.717) is 13.2 Å². The molecule has 0 aromatic rings. The molecule has 0 radical (unpaired) electrons. The molecule has 0 bridgehead atoms. The normalized spacial score (nSPS) is 13.5. The van der Waals surface area contributed by atoms with Crippen LogP contribution in [-0.2, 0) is 9.26 Å².